The number of aromatic nitrogens is 1. The molecule has 0 atom stereocenters. The van der Waals surface area contributed by atoms with Crippen LogP contribution < -0.4 is 5.46 Å². The third-order valence-electron chi connectivity index (χ3n) is 3.77. The van der Waals surface area contributed by atoms with Crippen molar-refractivity contribution in [3.63, 3.8) is 0 Å². The van der Waals surface area contributed by atoms with Gasteiger partial charge in [-0.1, -0.05) is 0 Å². The quantitative estimate of drug-likeness (QED) is 0.703. The molecule has 0 radical (unpaired) electrons. The summed E-state index contributed by atoms with van der Waals surface area (Å²) in [6, 6.07) is 3.77. The van der Waals surface area contributed by atoms with Gasteiger partial charge < -0.3 is 9.31 Å². The molecule has 1 aromatic heterocycles. The van der Waals surface area contributed by atoms with Crippen LogP contribution in [0, 0.1) is 18.3 Å². The summed E-state index contributed by atoms with van der Waals surface area (Å²) in [5.74, 6) is 0. The zero-order valence-electron chi connectivity index (χ0n) is 11.4. The Labute approximate surface area is 108 Å². The van der Waals surface area contributed by atoms with Crippen LogP contribution in [-0.4, -0.2) is 23.3 Å². The molecule has 5 heteroatoms. The first-order valence-electron chi connectivity index (χ1n) is 5.99. The van der Waals surface area contributed by atoms with E-state index in [-0.39, 0.29) is 11.2 Å². The predicted molar refractivity (Wildman–Crippen MR) is 69.4 cm³/mol. The van der Waals surface area contributed by atoms with Crippen LogP contribution in [0.1, 0.15) is 39.0 Å². The van der Waals surface area contributed by atoms with E-state index in [1.807, 2.05) is 40.7 Å². The van der Waals surface area contributed by atoms with Crippen LogP contribution in [0.15, 0.2) is 12.3 Å². The van der Waals surface area contributed by atoms with Crippen LogP contribution in [0.3, 0.4) is 0 Å². The van der Waals surface area contributed by atoms with E-state index in [4.69, 9.17) is 14.6 Å². The number of hydrogen-bond acceptors (Lipinski definition) is 4. The van der Waals surface area contributed by atoms with Crippen molar-refractivity contribution in [1.29, 1.82) is 5.26 Å². The summed E-state index contributed by atoms with van der Waals surface area (Å²) < 4.78 is 11.9. The Balaban J connectivity index is 2.38. The molecule has 2 rings (SSSR count). The van der Waals surface area contributed by atoms with Gasteiger partial charge in [0.05, 0.1) is 11.2 Å². The predicted octanol–water partition coefficient (Wildman–Crippen LogP) is 1.56. The molecule has 1 aliphatic rings. The second kappa shape index (κ2) is 4.08. The standard InChI is InChI=1S/C13H17BN2O2/c1-9-8-16-10(7-15)6-11(9)14-17-12(2,3)13(4,5)18-14/h6,8H,1-5H3. The summed E-state index contributed by atoms with van der Waals surface area (Å²) in [5, 5.41) is 8.91. The minimum absolute atomic E-state index is 0.375. The Hall–Kier alpha value is -1.38. The van der Waals surface area contributed by atoms with Gasteiger partial charge >= 0.3 is 7.12 Å². The van der Waals surface area contributed by atoms with Gasteiger partial charge in [-0.05, 0) is 51.7 Å². The van der Waals surface area contributed by atoms with Gasteiger partial charge in [-0.2, -0.15) is 5.26 Å². The number of pyridine rings is 1. The molecule has 0 bridgehead atoms. The Bertz CT molecular complexity index is 504. The summed E-state index contributed by atoms with van der Waals surface area (Å²) in [6.07, 6.45) is 1.68. The van der Waals surface area contributed by atoms with Crippen molar-refractivity contribution in [3.8, 4) is 6.07 Å². The molecule has 18 heavy (non-hydrogen) atoms. The van der Waals surface area contributed by atoms with E-state index < -0.39 is 7.12 Å². The Morgan fingerprint density at radius 2 is 1.78 bits per heavy atom. The van der Waals surface area contributed by atoms with Gasteiger partial charge in [0.15, 0.2) is 0 Å². The molecular weight excluding hydrogens is 227 g/mol. The fourth-order valence-corrected chi connectivity index (χ4v) is 1.82. The maximum atomic E-state index is 8.91. The fourth-order valence-electron chi connectivity index (χ4n) is 1.82. The van der Waals surface area contributed by atoms with Crippen LogP contribution in [0.5, 0.6) is 0 Å². The first kappa shape index (κ1) is 13.1. The lowest BCUT2D eigenvalue weighted by atomic mass is 9.76. The van der Waals surface area contributed by atoms with Gasteiger partial charge in [0.2, 0.25) is 0 Å². The van der Waals surface area contributed by atoms with Crippen molar-refractivity contribution in [3.05, 3.63) is 23.5 Å². The number of nitrogens with zero attached hydrogens (tertiary/aromatic N) is 2. The maximum absolute atomic E-state index is 8.91. The minimum atomic E-state index is -0.440. The van der Waals surface area contributed by atoms with E-state index in [0.29, 0.717) is 5.69 Å². The van der Waals surface area contributed by atoms with Crippen molar-refractivity contribution in [2.24, 2.45) is 0 Å². The molecule has 1 aromatic rings. The molecule has 0 amide bonds. The molecule has 0 aromatic carbocycles. The largest absolute Gasteiger partial charge is 0.495 e. The van der Waals surface area contributed by atoms with E-state index in [1.165, 1.54) is 0 Å². The van der Waals surface area contributed by atoms with Gasteiger partial charge in [-0.15, -0.1) is 0 Å². The van der Waals surface area contributed by atoms with Crippen molar-refractivity contribution >= 4 is 12.6 Å². The number of rotatable bonds is 1. The highest BCUT2D eigenvalue weighted by Gasteiger charge is 2.52. The number of hydrogen-bond donors (Lipinski definition) is 0. The van der Waals surface area contributed by atoms with Gasteiger partial charge in [-0.3, -0.25) is 0 Å². The second-order valence-electron chi connectivity index (χ2n) is 5.63. The van der Waals surface area contributed by atoms with Crippen LogP contribution >= 0.6 is 0 Å². The van der Waals surface area contributed by atoms with E-state index in [0.717, 1.165) is 11.0 Å². The molecule has 1 fully saturated rings. The minimum Gasteiger partial charge on any atom is -0.399 e. The summed E-state index contributed by atoms with van der Waals surface area (Å²) in [5.41, 5.74) is 1.47. The SMILES string of the molecule is Cc1cnc(C#N)cc1B1OC(C)(C)C(C)(C)O1. The summed E-state index contributed by atoms with van der Waals surface area (Å²) in [6.45, 7) is 9.97. The highest BCUT2D eigenvalue weighted by molar-refractivity contribution is 6.62. The third-order valence-corrected chi connectivity index (χ3v) is 3.77. The molecule has 0 unspecified atom stereocenters. The lowest BCUT2D eigenvalue weighted by molar-refractivity contribution is 0.00578. The maximum Gasteiger partial charge on any atom is 0.495 e. The average molecular weight is 244 g/mol. The Morgan fingerprint density at radius 1 is 1.22 bits per heavy atom. The molecule has 1 saturated heterocycles. The first-order valence-corrected chi connectivity index (χ1v) is 5.99. The average Bonchev–Trinajstić information content (AvgIpc) is 2.48. The van der Waals surface area contributed by atoms with Crippen molar-refractivity contribution in [1.82, 2.24) is 4.98 Å². The van der Waals surface area contributed by atoms with E-state index >= 15 is 0 Å². The van der Waals surface area contributed by atoms with E-state index in [2.05, 4.69) is 4.98 Å². The lowest BCUT2D eigenvalue weighted by Gasteiger charge is -2.32. The smallest absolute Gasteiger partial charge is 0.399 e. The summed E-state index contributed by atoms with van der Waals surface area (Å²) in [7, 11) is -0.440. The molecule has 4 nitrogen and oxygen atoms in total. The van der Waals surface area contributed by atoms with Crippen molar-refractivity contribution in [2.45, 2.75) is 45.8 Å². The topological polar surface area (TPSA) is 55.1 Å². The van der Waals surface area contributed by atoms with E-state index in [1.54, 1.807) is 12.3 Å². The van der Waals surface area contributed by atoms with Crippen LogP contribution in [-0.2, 0) is 9.31 Å². The van der Waals surface area contributed by atoms with Crippen molar-refractivity contribution < 1.29 is 9.31 Å². The molecule has 2 heterocycles. The van der Waals surface area contributed by atoms with Gasteiger partial charge in [0.1, 0.15) is 11.8 Å². The summed E-state index contributed by atoms with van der Waals surface area (Å²) in [4.78, 5) is 4.03. The zero-order chi connectivity index (χ0) is 13.6. The molecule has 94 valence electrons. The molecule has 0 spiro atoms. The third kappa shape index (κ3) is 2.02. The summed E-state index contributed by atoms with van der Waals surface area (Å²) >= 11 is 0. The van der Waals surface area contributed by atoms with E-state index in [9.17, 15) is 0 Å². The highest BCUT2D eigenvalue weighted by atomic mass is 16.7. The monoisotopic (exact) mass is 244 g/mol. The molecule has 0 N–H and O–H groups in total. The fraction of sp³-hybridized carbons (Fsp3) is 0.538. The molecule has 0 aliphatic carbocycles. The molecule has 0 saturated carbocycles. The molecule has 1 aliphatic heterocycles. The second-order valence-corrected chi connectivity index (χ2v) is 5.63. The Morgan fingerprint density at radius 3 is 2.28 bits per heavy atom. The number of nitriles is 1. The van der Waals surface area contributed by atoms with Crippen molar-refractivity contribution in [2.75, 3.05) is 0 Å². The number of aryl methyl sites for hydroxylation is 1. The van der Waals surface area contributed by atoms with Crippen LogP contribution in [0.4, 0.5) is 0 Å². The molecular formula is C13H17BN2O2. The Kier molecular flexibility index (Phi) is 2.96. The van der Waals surface area contributed by atoms with Crippen LogP contribution in [0.25, 0.3) is 0 Å². The lowest BCUT2D eigenvalue weighted by Crippen LogP contribution is -2.41. The van der Waals surface area contributed by atoms with Gasteiger partial charge in [0, 0.05) is 6.20 Å². The highest BCUT2D eigenvalue weighted by Crippen LogP contribution is 2.36. The first-order chi connectivity index (χ1) is 8.27. The zero-order valence-corrected chi connectivity index (χ0v) is 11.4. The normalized spacial score (nSPS) is 20.8. The van der Waals surface area contributed by atoms with Crippen LogP contribution in [0.2, 0.25) is 0 Å². The van der Waals surface area contributed by atoms with Gasteiger partial charge in [0.25, 0.3) is 0 Å². The van der Waals surface area contributed by atoms with Gasteiger partial charge in [-0.25, -0.2) is 4.98 Å².